The van der Waals surface area contributed by atoms with E-state index in [1.807, 2.05) is 43.3 Å². The van der Waals surface area contributed by atoms with Crippen molar-refractivity contribution in [3.05, 3.63) is 65.2 Å². The van der Waals surface area contributed by atoms with Crippen LogP contribution in [0.25, 0.3) is 0 Å². The highest BCUT2D eigenvalue weighted by Crippen LogP contribution is 2.55. The Balaban J connectivity index is 1.74. The van der Waals surface area contributed by atoms with Crippen LogP contribution in [-0.2, 0) is 0 Å². The topological polar surface area (TPSA) is 62.1 Å². The third-order valence-corrected chi connectivity index (χ3v) is 5.67. The number of benzene rings is 2. The van der Waals surface area contributed by atoms with Gasteiger partial charge in [0, 0.05) is 22.4 Å². The lowest BCUT2D eigenvalue weighted by molar-refractivity contribution is -0.164. The second-order valence-electron chi connectivity index (χ2n) is 8.55. The zero-order valence-electron chi connectivity index (χ0n) is 16.5. The van der Waals surface area contributed by atoms with Gasteiger partial charge in [-0.15, -0.1) is 0 Å². The normalized spacial score (nSPS) is 22.2. The number of nitriles is 1. The number of nitrogens with zero attached hydrogens (tertiary/aromatic N) is 1. The monoisotopic (exact) mass is 362 g/mol. The van der Waals surface area contributed by atoms with Crippen LogP contribution in [0, 0.1) is 29.1 Å². The first-order valence-electron chi connectivity index (χ1n) is 9.20. The van der Waals surface area contributed by atoms with Gasteiger partial charge < -0.3 is 10.1 Å². The number of carbonyl (C=O) groups excluding carboxylic acids is 1. The standard InChI is InChI=1S/C23H26N2O2/c1-15-6-10-17(11-7-15)19(26)25-20-22(2,3)21(23(20,4)5)27-18-12-8-16(14-24)9-13-18/h6-13,20-21H,1-5H3,(H,25,26)/t20-,21-. The fourth-order valence-corrected chi connectivity index (χ4v) is 4.46. The van der Waals surface area contributed by atoms with Crippen molar-refractivity contribution in [3.8, 4) is 11.8 Å². The minimum Gasteiger partial charge on any atom is -0.489 e. The van der Waals surface area contributed by atoms with E-state index in [1.54, 1.807) is 12.1 Å². The highest BCUT2D eigenvalue weighted by atomic mass is 16.5. The lowest BCUT2D eigenvalue weighted by Crippen LogP contribution is -2.74. The Morgan fingerprint density at radius 2 is 1.56 bits per heavy atom. The van der Waals surface area contributed by atoms with Gasteiger partial charge in [0.05, 0.1) is 11.6 Å². The van der Waals surface area contributed by atoms with Crippen molar-refractivity contribution in [2.75, 3.05) is 0 Å². The molecule has 0 bridgehead atoms. The van der Waals surface area contributed by atoms with Gasteiger partial charge in [0.25, 0.3) is 5.91 Å². The van der Waals surface area contributed by atoms with Crippen molar-refractivity contribution in [1.29, 1.82) is 5.26 Å². The maximum atomic E-state index is 12.7. The van der Waals surface area contributed by atoms with Gasteiger partial charge >= 0.3 is 0 Å². The second-order valence-corrected chi connectivity index (χ2v) is 8.55. The fourth-order valence-electron chi connectivity index (χ4n) is 4.46. The van der Waals surface area contributed by atoms with Crippen LogP contribution in [0.3, 0.4) is 0 Å². The zero-order valence-corrected chi connectivity index (χ0v) is 16.5. The number of nitrogens with one attached hydrogen (secondary N) is 1. The number of hydrogen-bond acceptors (Lipinski definition) is 3. The lowest BCUT2D eigenvalue weighted by Gasteiger charge is -2.63. The van der Waals surface area contributed by atoms with Crippen LogP contribution >= 0.6 is 0 Å². The molecule has 4 heteroatoms. The van der Waals surface area contributed by atoms with Gasteiger partial charge in [0.15, 0.2) is 0 Å². The first kappa shape index (κ1) is 19.0. The average Bonchev–Trinajstić information content (AvgIpc) is 2.64. The molecule has 0 aromatic heterocycles. The molecule has 3 rings (SSSR count). The van der Waals surface area contributed by atoms with E-state index in [1.165, 1.54) is 0 Å². The van der Waals surface area contributed by atoms with E-state index in [0.717, 1.165) is 11.3 Å². The second kappa shape index (κ2) is 6.74. The molecule has 140 valence electrons. The van der Waals surface area contributed by atoms with Gasteiger partial charge in [-0.2, -0.15) is 5.26 Å². The van der Waals surface area contributed by atoms with E-state index in [9.17, 15) is 4.79 Å². The van der Waals surface area contributed by atoms with Crippen molar-refractivity contribution >= 4 is 5.91 Å². The molecule has 0 aliphatic heterocycles. The van der Waals surface area contributed by atoms with Crippen molar-refractivity contribution in [2.24, 2.45) is 10.8 Å². The van der Waals surface area contributed by atoms with E-state index in [0.29, 0.717) is 11.1 Å². The summed E-state index contributed by atoms with van der Waals surface area (Å²) >= 11 is 0. The van der Waals surface area contributed by atoms with Gasteiger partial charge in [-0.1, -0.05) is 45.4 Å². The summed E-state index contributed by atoms with van der Waals surface area (Å²) < 4.78 is 6.25. The van der Waals surface area contributed by atoms with Crippen LogP contribution in [0.2, 0.25) is 0 Å². The molecule has 2 aromatic rings. The molecule has 0 saturated heterocycles. The van der Waals surface area contributed by atoms with Crippen molar-refractivity contribution < 1.29 is 9.53 Å². The molecule has 1 amide bonds. The van der Waals surface area contributed by atoms with Crippen LogP contribution in [0.1, 0.15) is 49.2 Å². The van der Waals surface area contributed by atoms with Gasteiger partial charge in [-0.3, -0.25) is 4.79 Å². The first-order valence-corrected chi connectivity index (χ1v) is 9.20. The molecular formula is C23H26N2O2. The number of aryl methyl sites for hydroxylation is 1. The van der Waals surface area contributed by atoms with Crippen LogP contribution in [0.5, 0.6) is 5.75 Å². The van der Waals surface area contributed by atoms with E-state index >= 15 is 0 Å². The van der Waals surface area contributed by atoms with Gasteiger partial charge in [-0.25, -0.2) is 0 Å². The molecule has 0 spiro atoms. The van der Waals surface area contributed by atoms with E-state index in [4.69, 9.17) is 10.00 Å². The van der Waals surface area contributed by atoms with Gasteiger partial charge in [0.2, 0.25) is 0 Å². The van der Waals surface area contributed by atoms with Crippen LogP contribution in [0.15, 0.2) is 48.5 Å². The van der Waals surface area contributed by atoms with E-state index in [-0.39, 0.29) is 28.9 Å². The molecule has 4 nitrogen and oxygen atoms in total. The quantitative estimate of drug-likeness (QED) is 0.872. The molecule has 1 saturated carbocycles. The zero-order chi connectivity index (χ0) is 19.8. The summed E-state index contributed by atoms with van der Waals surface area (Å²) in [5.74, 6) is 0.682. The van der Waals surface area contributed by atoms with Gasteiger partial charge in [-0.05, 0) is 43.3 Å². The van der Waals surface area contributed by atoms with Crippen LogP contribution < -0.4 is 10.1 Å². The summed E-state index contributed by atoms with van der Waals surface area (Å²) in [4.78, 5) is 12.7. The van der Waals surface area contributed by atoms with Crippen molar-refractivity contribution in [3.63, 3.8) is 0 Å². The molecule has 0 radical (unpaired) electrons. The Bertz CT molecular complexity index is 858. The predicted molar refractivity (Wildman–Crippen MR) is 106 cm³/mol. The third-order valence-electron chi connectivity index (χ3n) is 5.67. The van der Waals surface area contributed by atoms with Crippen LogP contribution in [0.4, 0.5) is 0 Å². The Morgan fingerprint density at radius 1 is 1.00 bits per heavy atom. The first-order chi connectivity index (χ1) is 12.7. The highest BCUT2D eigenvalue weighted by Gasteiger charge is 2.64. The Morgan fingerprint density at radius 3 is 2.07 bits per heavy atom. The minimum absolute atomic E-state index is 0.0119. The number of carbonyl (C=O) groups is 1. The maximum absolute atomic E-state index is 12.7. The summed E-state index contributed by atoms with van der Waals surface area (Å²) in [6, 6.07) is 16.9. The summed E-state index contributed by atoms with van der Waals surface area (Å²) in [5.41, 5.74) is 1.96. The predicted octanol–water partition coefficient (Wildman–Crippen LogP) is 4.48. The number of amides is 1. The third kappa shape index (κ3) is 3.42. The molecule has 1 aliphatic carbocycles. The lowest BCUT2D eigenvalue weighted by atomic mass is 9.49. The molecule has 27 heavy (non-hydrogen) atoms. The Hall–Kier alpha value is -2.80. The average molecular weight is 362 g/mol. The summed E-state index contributed by atoms with van der Waals surface area (Å²) in [5, 5.41) is 12.1. The number of rotatable bonds is 4. The molecule has 1 fully saturated rings. The molecule has 2 aromatic carbocycles. The highest BCUT2D eigenvalue weighted by molar-refractivity contribution is 5.94. The summed E-state index contributed by atoms with van der Waals surface area (Å²) in [6.07, 6.45) is -0.0544. The summed E-state index contributed by atoms with van der Waals surface area (Å²) in [7, 11) is 0. The number of ether oxygens (including phenoxy) is 1. The molecule has 0 heterocycles. The van der Waals surface area contributed by atoms with E-state index < -0.39 is 0 Å². The van der Waals surface area contributed by atoms with Gasteiger partial charge in [0.1, 0.15) is 11.9 Å². The Labute approximate surface area is 161 Å². The minimum atomic E-state index is -0.224. The molecule has 0 unspecified atom stereocenters. The molecular weight excluding hydrogens is 336 g/mol. The van der Waals surface area contributed by atoms with E-state index in [2.05, 4.69) is 39.1 Å². The van der Waals surface area contributed by atoms with Crippen molar-refractivity contribution in [2.45, 2.75) is 46.8 Å². The Kier molecular flexibility index (Phi) is 4.73. The molecule has 1 aliphatic rings. The SMILES string of the molecule is Cc1ccc(C(=O)N[C@H]2C(C)(C)[C@H](Oc3ccc(C#N)cc3)C2(C)C)cc1. The smallest absolute Gasteiger partial charge is 0.251 e. The number of hydrogen-bond donors (Lipinski definition) is 1. The fraction of sp³-hybridized carbons (Fsp3) is 0.391. The van der Waals surface area contributed by atoms with Crippen LogP contribution in [-0.4, -0.2) is 18.1 Å². The summed E-state index contributed by atoms with van der Waals surface area (Å²) in [6.45, 7) is 10.5. The molecule has 1 N–H and O–H groups in total. The largest absolute Gasteiger partial charge is 0.489 e. The van der Waals surface area contributed by atoms with Crippen molar-refractivity contribution in [1.82, 2.24) is 5.32 Å². The maximum Gasteiger partial charge on any atom is 0.251 e. The molecule has 0 atom stereocenters.